The highest BCUT2D eigenvalue weighted by Gasteiger charge is 2.18. The molecular weight excluding hydrogens is 352 g/mol. The van der Waals surface area contributed by atoms with Gasteiger partial charge in [0.15, 0.2) is 0 Å². The molecule has 1 saturated heterocycles. The maximum atomic E-state index is 11.7. The van der Waals surface area contributed by atoms with Gasteiger partial charge >= 0.3 is 0 Å². The molecule has 3 aromatic rings. The quantitative estimate of drug-likeness (QED) is 0.731. The highest BCUT2D eigenvalue weighted by molar-refractivity contribution is 6.30. The van der Waals surface area contributed by atoms with Crippen LogP contribution in [0, 0.1) is 0 Å². The number of hydrogen-bond donors (Lipinski definition) is 2. The van der Waals surface area contributed by atoms with E-state index in [4.69, 9.17) is 17.3 Å². The fourth-order valence-electron chi connectivity index (χ4n) is 3.17. The first kappa shape index (κ1) is 16.8. The highest BCUT2D eigenvalue weighted by Crippen LogP contribution is 2.17. The van der Waals surface area contributed by atoms with Crippen molar-refractivity contribution < 1.29 is 0 Å². The van der Waals surface area contributed by atoms with Crippen molar-refractivity contribution in [3.8, 4) is 0 Å². The molecule has 7 nitrogen and oxygen atoms in total. The van der Waals surface area contributed by atoms with Crippen molar-refractivity contribution in [2.45, 2.75) is 6.54 Å². The van der Waals surface area contributed by atoms with E-state index in [1.165, 1.54) is 0 Å². The molecule has 1 aliphatic heterocycles. The Labute approximate surface area is 155 Å². The van der Waals surface area contributed by atoms with Crippen molar-refractivity contribution in [2.75, 3.05) is 36.8 Å². The van der Waals surface area contributed by atoms with E-state index in [2.05, 4.69) is 24.8 Å². The number of anilines is 2. The molecule has 26 heavy (non-hydrogen) atoms. The Balaban J connectivity index is 1.42. The summed E-state index contributed by atoms with van der Waals surface area (Å²) in [7, 11) is 0. The Morgan fingerprint density at radius 3 is 2.65 bits per heavy atom. The third-order valence-electron chi connectivity index (χ3n) is 4.58. The van der Waals surface area contributed by atoms with Crippen molar-refractivity contribution in [1.82, 2.24) is 19.9 Å². The minimum Gasteiger partial charge on any atom is -0.397 e. The van der Waals surface area contributed by atoms with Crippen LogP contribution >= 0.6 is 11.6 Å². The summed E-state index contributed by atoms with van der Waals surface area (Å²) >= 11 is 5.85. The molecule has 0 spiro atoms. The first-order chi connectivity index (χ1) is 12.6. The van der Waals surface area contributed by atoms with Crippen molar-refractivity contribution >= 4 is 34.1 Å². The van der Waals surface area contributed by atoms with Gasteiger partial charge < -0.3 is 15.6 Å². The van der Waals surface area contributed by atoms with Crippen LogP contribution in [-0.4, -0.2) is 46.0 Å². The number of hydrogen-bond acceptors (Lipinski definition) is 6. The minimum atomic E-state index is -0.289. The summed E-state index contributed by atoms with van der Waals surface area (Å²) < 4.78 is 0. The number of nitrogens with one attached hydrogen (secondary N) is 1. The largest absolute Gasteiger partial charge is 0.397 e. The normalized spacial score (nSPS) is 15.5. The van der Waals surface area contributed by atoms with E-state index in [1.54, 1.807) is 12.3 Å². The number of nitrogen functional groups attached to an aromatic ring is 1. The average Bonchev–Trinajstić information content (AvgIpc) is 2.64. The molecular formula is C18H19ClN6O. The lowest BCUT2D eigenvalue weighted by Crippen LogP contribution is -2.46. The van der Waals surface area contributed by atoms with Gasteiger partial charge in [0.25, 0.3) is 5.56 Å². The van der Waals surface area contributed by atoms with Crippen LogP contribution in [0.2, 0.25) is 5.02 Å². The third-order valence-corrected chi connectivity index (χ3v) is 4.86. The van der Waals surface area contributed by atoms with Gasteiger partial charge in [-0.15, -0.1) is 0 Å². The lowest BCUT2D eigenvalue weighted by atomic mass is 10.2. The molecule has 0 radical (unpaired) electrons. The van der Waals surface area contributed by atoms with Crippen molar-refractivity contribution in [3.05, 3.63) is 57.6 Å². The van der Waals surface area contributed by atoms with Crippen LogP contribution in [-0.2, 0) is 6.54 Å². The molecule has 4 rings (SSSR count). The van der Waals surface area contributed by atoms with Crippen LogP contribution in [0.25, 0.3) is 11.0 Å². The molecule has 1 aliphatic rings. The van der Waals surface area contributed by atoms with Crippen LogP contribution < -0.4 is 16.2 Å². The zero-order valence-electron chi connectivity index (χ0n) is 14.2. The van der Waals surface area contributed by atoms with E-state index in [1.807, 2.05) is 24.4 Å². The Morgan fingerprint density at radius 1 is 1.12 bits per heavy atom. The standard InChI is InChI=1S/C18H19ClN6O/c19-14-8-15-16(23-18(14)26)7-12(9-21-15)11-24-3-5-25(6-4-24)17-2-1-13(20)10-22-17/h1-2,7-10H,3-6,11,20H2,(H,23,26). The molecule has 0 amide bonds. The van der Waals surface area contributed by atoms with Crippen LogP contribution in [0.5, 0.6) is 0 Å². The predicted molar refractivity (Wildman–Crippen MR) is 104 cm³/mol. The summed E-state index contributed by atoms with van der Waals surface area (Å²) in [5, 5.41) is 0.158. The number of fused-ring (bicyclic) bond motifs is 1. The first-order valence-corrected chi connectivity index (χ1v) is 8.82. The lowest BCUT2D eigenvalue weighted by molar-refractivity contribution is 0.249. The second-order valence-corrected chi connectivity index (χ2v) is 6.84. The average molecular weight is 371 g/mol. The predicted octanol–water partition coefficient (Wildman–Crippen LogP) is 1.88. The monoisotopic (exact) mass is 370 g/mol. The van der Waals surface area contributed by atoms with Gasteiger partial charge in [0.1, 0.15) is 10.8 Å². The number of halogens is 1. The number of nitrogens with two attached hydrogens (primary N) is 1. The zero-order valence-corrected chi connectivity index (χ0v) is 14.9. The van der Waals surface area contributed by atoms with E-state index in [0.29, 0.717) is 16.7 Å². The molecule has 0 aliphatic carbocycles. The Hall–Kier alpha value is -2.64. The summed E-state index contributed by atoms with van der Waals surface area (Å²) in [4.78, 5) is 27.9. The van der Waals surface area contributed by atoms with Gasteiger partial charge in [-0.2, -0.15) is 0 Å². The first-order valence-electron chi connectivity index (χ1n) is 8.45. The Morgan fingerprint density at radius 2 is 1.92 bits per heavy atom. The van der Waals surface area contributed by atoms with Crippen molar-refractivity contribution in [2.24, 2.45) is 0 Å². The smallest absolute Gasteiger partial charge is 0.267 e. The lowest BCUT2D eigenvalue weighted by Gasteiger charge is -2.35. The van der Waals surface area contributed by atoms with E-state index < -0.39 is 0 Å². The molecule has 0 bridgehead atoms. The van der Waals surface area contributed by atoms with Gasteiger partial charge in [-0.05, 0) is 29.8 Å². The number of H-pyrrole nitrogens is 1. The van der Waals surface area contributed by atoms with Gasteiger partial charge in [-0.25, -0.2) is 4.98 Å². The molecule has 4 heterocycles. The Bertz CT molecular complexity index is 979. The van der Waals surface area contributed by atoms with Crippen LogP contribution in [0.1, 0.15) is 5.56 Å². The Kier molecular flexibility index (Phi) is 4.48. The van der Waals surface area contributed by atoms with Gasteiger partial charge in [-0.3, -0.25) is 14.7 Å². The number of aromatic nitrogens is 3. The molecule has 8 heteroatoms. The number of aromatic amines is 1. The molecule has 3 aromatic heterocycles. The zero-order chi connectivity index (χ0) is 18.1. The molecule has 0 atom stereocenters. The molecule has 0 aromatic carbocycles. The number of pyridine rings is 3. The maximum Gasteiger partial charge on any atom is 0.267 e. The van der Waals surface area contributed by atoms with Gasteiger partial charge in [0, 0.05) is 38.9 Å². The van der Waals surface area contributed by atoms with Crippen molar-refractivity contribution in [3.63, 3.8) is 0 Å². The van der Waals surface area contributed by atoms with E-state index in [-0.39, 0.29) is 10.6 Å². The summed E-state index contributed by atoms with van der Waals surface area (Å²) in [6.45, 7) is 4.47. The minimum absolute atomic E-state index is 0.158. The van der Waals surface area contributed by atoms with E-state index >= 15 is 0 Å². The molecule has 1 fully saturated rings. The topological polar surface area (TPSA) is 91.1 Å². The van der Waals surface area contributed by atoms with Crippen LogP contribution in [0.3, 0.4) is 0 Å². The van der Waals surface area contributed by atoms with Gasteiger partial charge in [0.05, 0.1) is 22.9 Å². The fraction of sp³-hybridized carbons (Fsp3) is 0.278. The SMILES string of the molecule is Nc1ccc(N2CCN(Cc3cnc4cc(Cl)c(=O)[nH]c4c3)CC2)nc1. The second kappa shape index (κ2) is 6.93. The van der Waals surface area contributed by atoms with Gasteiger partial charge in [-0.1, -0.05) is 11.6 Å². The molecule has 0 saturated carbocycles. The number of nitrogens with zero attached hydrogens (tertiary/aromatic N) is 4. The van der Waals surface area contributed by atoms with E-state index in [0.717, 1.165) is 44.1 Å². The summed E-state index contributed by atoms with van der Waals surface area (Å²) in [5.74, 6) is 0.959. The van der Waals surface area contributed by atoms with Gasteiger partial charge in [0.2, 0.25) is 0 Å². The summed E-state index contributed by atoms with van der Waals surface area (Å²) in [6.07, 6.45) is 3.53. The summed E-state index contributed by atoms with van der Waals surface area (Å²) in [6, 6.07) is 7.40. The fourth-order valence-corrected chi connectivity index (χ4v) is 3.32. The molecule has 3 N–H and O–H groups in total. The van der Waals surface area contributed by atoms with Crippen molar-refractivity contribution in [1.29, 1.82) is 0 Å². The highest BCUT2D eigenvalue weighted by atomic mass is 35.5. The van der Waals surface area contributed by atoms with E-state index in [9.17, 15) is 4.79 Å². The van der Waals surface area contributed by atoms with Crippen LogP contribution in [0.15, 0.2) is 41.5 Å². The number of piperazine rings is 1. The number of rotatable bonds is 3. The molecule has 134 valence electrons. The van der Waals surface area contributed by atoms with Crippen LogP contribution in [0.4, 0.5) is 11.5 Å². The summed E-state index contributed by atoms with van der Waals surface area (Å²) in [5.41, 5.74) is 8.55. The maximum absolute atomic E-state index is 11.7. The molecule has 0 unspecified atom stereocenters. The third kappa shape index (κ3) is 3.49. The second-order valence-electron chi connectivity index (χ2n) is 6.44.